The van der Waals surface area contributed by atoms with Gasteiger partial charge in [-0.2, -0.15) is 0 Å². The molecule has 2 rings (SSSR count). The van der Waals surface area contributed by atoms with Gasteiger partial charge in [-0.3, -0.25) is 25.2 Å². The minimum Gasteiger partial charge on any atom is -0.306 e. The van der Waals surface area contributed by atoms with Crippen molar-refractivity contribution in [3.05, 3.63) is 76.2 Å². The summed E-state index contributed by atoms with van der Waals surface area (Å²) in [5, 5.41) is 0. The Morgan fingerprint density at radius 1 is 1.09 bits per heavy atom. The van der Waals surface area contributed by atoms with Gasteiger partial charge in [0.15, 0.2) is 0 Å². The van der Waals surface area contributed by atoms with E-state index in [2.05, 4.69) is 10.9 Å². The number of rotatable bonds is 4. The van der Waals surface area contributed by atoms with Crippen molar-refractivity contribution < 1.29 is 9.59 Å². The average Bonchev–Trinajstić information content (AvgIpc) is 2.54. The highest BCUT2D eigenvalue weighted by molar-refractivity contribution is 5.93. The summed E-state index contributed by atoms with van der Waals surface area (Å²) in [5.41, 5.74) is 6.21. The molecule has 0 aliphatic carbocycles. The molecule has 2 aromatic rings. The van der Waals surface area contributed by atoms with Gasteiger partial charge in [0.1, 0.15) is 6.54 Å². The van der Waals surface area contributed by atoms with E-state index in [-0.39, 0.29) is 12.1 Å². The van der Waals surface area contributed by atoms with Crippen molar-refractivity contribution in [2.45, 2.75) is 13.5 Å². The maximum atomic E-state index is 11.7. The molecular formula is C17H17N3O3. The standard InChI is InChI=1S/C17H17N3O3/c1-13-6-2-3-7-14(13)9-10-15(21)18-19-16(22)12-20-11-5-4-8-17(20)23/h2-11H,12H2,1H3,(H,18,21)(H,19,22)/b10-9+. The van der Waals surface area contributed by atoms with Crippen molar-refractivity contribution >= 4 is 17.9 Å². The second kappa shape index (κ2) is 7.74. The predicted octanol–water partition coefficient (Wildman–Crippen LogP) is 1.02. The molecule has 0 spiro atoms. The lowest BCUT2D eigenvalue weighted by Gasteiger charge is -2.07. The first-order chi connectivity index (χ1) is 11.1. The first kappa shape index (κ1) is 16.2. The number of carbonyl (C=O) groups excluding carboxylic acids is 2. The lowest BCUT2D eigenvalue weighted by atomic mass is 10.1. The minimum atomic E-state index is -0.490. The van der Waals surface area contributed by atoms with Crippen LogP contribution in [0.25, 0.3) is 6.08 Å². The van der Waals surface area contributed by atoms with Gasteiger partial charge in [0, 0.05) is 18.3 Å². The molecule has 0 radical (unpaired) electrons. The molecule has 0 aliphatic heterocycles. The Bertz CT molecular complexity index is 793. The van der Waals surface area contributed by atoms with E-state index < -0.39 is 11.8 Å². The Labute approximate surface area is 133 Å². The van der Waals surface area contributed by atoms with E-state index in [0.717, 1.165) is 11.1 Å². The van der Waals surface area contributed by atoms with Crippen LogP contribution in [0.4, 0.5) is 0 Å². The number of benzene rings is 1. The smallest absolute Gasteiger partial charge is 0.262 e. The van der Waals surface area contributed by atoms with E-state index in [1.165, 1.54) is 22.9 Å². The van der Waals surface area contributed by atoms with Crippen LogP contribution in [0.1, 0.15) is 11.1 Å². The first-order valence-electron chi connectivity index (χ1n) is 7.04. The van der Waals surface area contributed by atoms with Crippen LogP contribution >= 0.6 is 0 Å². The fourth-order valence-corrected chi connectivity index (χ4v) is 1.90. The highest BCUT2D eigenvalue weighted by Crippen LogP contribution is 2.08. The van der Waals surface area contributed by atoms with E-state index >= 15 is 0 Å². The summed E-state index contributed by atoms with van der Waals surface area (Å²) in [6.07, 6.45) is 4.50. The van der Waals surface area contributed by atoms with Crippen LogP contribution in [0.5, 0.6) is 0 Å². The number of hydrazine groups is 1. The summed E-state index contributed by atoms with van der Waals surface area (Å²) in [4.78, 5) is 34.8. The number of hydrogen-bond donors (Lipinski definition) is 2. The Morgan fingerprint density at radius 3 is 2.57 bits per heavy atom. The molecule has 0 atom stereocenters. The molecule has 0 unspecified atom stereocenters. The van der Waals surface area contributed by atoms with Crippen LogP contribution in [0.2, 0.25) is 0 Å². The molecule has 1 aromatic heterocycles. The van der Waals surface area contributed by atoms with Gasteiger partial charge in [-0.1, -0.05) is 30.3 Å². The number of aryl methyl sites for hydroxylation is 1. The van der Waals surface area contributed by atoms with Crippen LogP contribution < -0.4 is 16.4 Å². The van der Waals surface area contributed by atoms with Crippen LogP contribution in [-0.2, 0) is 16.1 Å². The zero-order valence-electron chi connectivity index (χ0n) is 12.7. The van der Waals surface area contributed by atoms with Crippen LogP contribution in [-0.4, -0.2) is 16.4 Å². The first-order valence-corrected chi connectivity index (χ1v) is 7.04. The van der Waals surface area contributed by atoms with Gasteiger partial charge in [-0.05, 0) is 30.2 Å². The van der Waals surface area contributed by atoms with Gasteiger partial charge in [-0.15, -0.1) is 0 Å². The summed E-state index contributed by atoms with van der Waals surface area (Å²) in [6.45, 7) is 1.78. The quantitative estimate of drug-likeness (QED) is 0.653. The summed E-state index contributed by atoms with van der Waals surface area (Å²) in [6, 6.07) is 12.2. The van der Waals surface area contributed by atoms with E-state index in [9.17, 15) is 14.4 Å². The maximum absolute atomic E-state index is 11.7. The molecule has 6 heteroatoms. The van der Waals surface area contributed by atoms with E-state index in [4.69, 9.17) is 0 Å². The van der Waals surface area contributed by atoms with Crippen molar-refractivity contribution in [1.29, 1.82) is 0 Å². The number of hydrogen-bond acceptors (Lipinski definition) is 3. The van der Waals surface area contributed by atoms with Crippen molar-refractivity contribution in [1.82, 2.24) is 15.4 Å². The SMILES string of the molecule is Cc1ccccc1/C=C/C(=O)NNC(=O)Cn1ccccc1=O. The zero-order valence-corrected chi connectivity index (χ0v) is 12.7. The highest BCUT2D eigenvalue weighted by atomic mass is 16.2. The van der Waals surface area contributed by atoms with Gasteiger partial charge >= 0.3 is 0 Å². The molecule has 1 heterocycles. The maximum Gasteiger partial charge on any atom is 0.262 e. The van der Waals surface area contributed by atoms with Crippen molar-refractivity contribution in [2.75, 3.05) is 0 Å². The topological polar surface area (TPSA) is 80.2 Å². The molecule has 2 N–H and O–H groups in total. The molecule has 118 valence electrons. The fraction of sp³-hybridized carbons (Fsp3) is 0.118. The molecule has 1 aromatic carbocycles. The monoisotopic (exact) mass is 311 g/mol. The number of pyridine rings is 1. The van der Waals surface area contributed by atoms with Crippen LogP contribution in [0.3, 0.4) is 0 Å². The average molecular weight is 311 g/mol. The lowest BCUT2D eigenvalue weighted by molar-refractivity contribution is -0.127. The van der Waals surface area contributed by atoms with Crippen molar-refractivity contribution in [3.63, 3.8) is 0 Å². The Morgan fingerprint density at radius 2 is 1.83 bits per heavy atom. The molecule has 0 fully saturated rings. The molecular weight excluding hydrogens is 294 g/mol. The van der Waals surface area contributed by atoms with Gasteiger partial charge in [0.2, 0.25) is 0 Å². The second-order valence-electron chi connectivity index (χ2n) is 4.89. The summed E-state index contributed by atoms with van der Waals surface area (Å²) >= 11 is 0. The Hall–Kier alpha value is -3.15. The summed E-state index contributed by atoms with van der Waals surface area (Å²) in [7, 11) is 0. The third-order valence-electron chi connectivity index (χ3n) is 3.14. The number of carbonyl (C=O) groups is 2. The third-order valence-corrected chi connectivity index (χ3v) is 3.14. The van der Waals surface area contributed by atoms with E-state index in [1.807, 2.05) is 31.2 Å². The third kappa shape index (κ3) is 4.96. The molecule has 23 heavy (non-hydrogen) atoms. The lowest BCUT2D eigenvalue weighted by Crippen LogP contribution is -2.43. The fourth-order valence-electron chi connectivity index (χ4n) is 1.90. The normalized spacial score (nSPS) is 10.5. The molecule has 2 amide bonds. The van der Waals surface area contributed by atoms with Gasteiger partial charge in [-0.25, -0.2) is 0 Å². The summed E-state index contributed by atoms with van der Waals surface area (Å²) < 4.78 is 1.24. The highest BCUT2D eigenvalue weighted by Gasteiger charge is 2.04. The van der Waals surface area contributed by atoms with Crippen LogP contribution in [0.15, 0.2) is 59.5 Å². The van der Waals surface area contributed by atoms with Crippen LogP contribution in [0, 0.1) is 6.92 Å². The number of aromatic nitrogens is 1. The second-order valence-corrected chi connectivity index (χ2v) is 4.89. The summed E-state index contributed by atoms with van der Waals surface area (Å²) in [5.74, 6) is -0.946. The predicted molar refractivity (Wildman–Crippen MR) is 87.2 cm³/mol. The molecule has 0 saturated heterocycles. The minimum absolute atomic E-state index is 0.165. The van der Waals surface area contributed by atoms with Gasteiger partial charge in [0.05, 0.1) is 0 Å². The van der Waals surface area contributed by atoms with Gasteiger partial charge in [0.25, 0.3) is 17.4 Å². The largest absolute Gasteiger partial charge is 0.306 e. The number of amides is 2. The van der Waals surface area contributed by atoms with Crippen molar-refractivity contribution in [2.24, 2.45) is 0 Å². The molecule has 0 aliphatic rings. The Kier molecular flexibility index (Phi) is 5.46. The zero-order chi connectivity index (χ0) is 16.7. The molecule has 6 nitrogen and oxygen atoms in total. The number of nitrogens with zero attached hydrogens (tertiary/aromatic N) is 1. The van der Waals surface area contributed by atoms with E-state index in [1.54, 1.807) is 18.2 Å². The molecule has 0 saturated carbocycles. The van der Waals surface area contributed by atoms with Crippen molar-refractivity contribution in [3.8, 4) is 0 Å². The van der Waals surface area contributed by atoms with Gasteiger partial charge < -0.3 is 4.57 Å². The van der Waals surface area contributed by atoms with E-state index in [0.29, 0.717) is 0 Å². The number of nitrogens with one attached hydrogen (secondary N) is 2. The Balaban J connectivity index is 1.85. The molecule has 0 bridgehead atoms.